The van der Waals surface area contributed by atoms with E-state index in [-0.39, 0.29) is 17.6 Å². The van der Waals surface area contributed by atoms with E-state index < -0.39 is 12.2 Å². The van der Waals surface area contributed by atoms with Gasteiger partial charge in [-0.3, -0.25) is 0 Å². The highest BCUT2D eigenvalue weighted by atomic mass is 16.4. The average molecular weight is 224 g/mol. The van der Waals surface area contributed by atoms with E-state index in [0.29, 0.717) is 0 Å². The van der Waals surface area contributed by atoms with Gasteiger partial charge in [0, 0.05) is 12.1 Å². The van der Waals surface area contributed by atoms with Crippen LogP contribution in [0.2, 0.25) is 0 Å². The summed E-state index contributed by atoms with van der Waals surface area (Å²) >= 11 is 0. The third-order valence-electron chi connectivity index (χ3n) is 1.33. The van der Waals surface area contributed by atoms with Crippen LogP contribution in [-0.2, 0) is 0 Å². The van der Waals surface area contributed by atoms with Crippen molar-refractivity contribution in [1.82, 2.24) is 4.90 Å². The molecule has 7 nitrogen and oxygen atoms in total. The maximum absolute atomic E-state index is 10.5. The molecule has 0 spiro atoms. The lowest BCUT2D eigenvalue weighted by Gasteiger charge is -2.27. The summed E-state index contributed by atoms with van der Waals surface area (Å²) in [5.74, 6) is 0. The molecular weight excluding hydrogens is 204 g/mol. The highest BCUT2D eigenvalue weighted by Gasteiger charge is 2.17. The summed E-state index contributed by atoms with van der Waals surface area (Å²) in [5.41, 5.74) is 4.03. The van der Waals surface area contributed by atoms with Crippen molar-refractivity contribution in [2.24, 2.45) is 5.73 Å². The molecule has 92 valence electrons. The summed E-state index contributed by atoms with van der Waals surface area (Å²) < 4.78 is 0. The summed E-state index contributed by atoms with van der Waals surface area (Å²) in [6, 6.07) is 0.134. The second-order valence-corrected chi connectivity index (χ2v) is 3.22. The van der Waals surface area contributed by atoms with E-state index in [9.17, 15) is 4.79 Å². The molecule has 0 atom stereocenters. The highest BCUT2D eigenvalue weighted by Crippen LogP contribution is 2.03. The second kappa shape index (κ2) is 9.07. The first-order chi connectivity index (χ1) is 6.20. The molecule has 0 bridgehead atoms. The summed E-state index contributed by atoms with van der Waals surface area (Å²) in [7, 11) is 0. The van der Waals surface area contributed by atoms with E-state index in [1.165, 1.54) is 4.90 Å². The summed E-state index contributed by atoms with van der Waals surface area (Å²) in [6.07, 6.45) is -2.18. The Morgan fingerprint density at radius 1 is 1.07 bits per heavy atom. The molecule has 0 aromatic heterocycles. The number of hydrogen-bond acceptors (Lipinski definition) is 2. The molecule has 0 aromatic carbocycles. The van der Waals surface area contributed by atoms with Gasteiger partial charge in [0.1, 0.15) is 0 Å². The van der Waals surface area contributed by atoms with Crippen molar-refractivity contribution in [1.29, 1.82) is 0 Å². The van der Waals surface area contributed by atoms with Crippen molar-refractivity contribution >= 4 is 12.2 Å². The fourth-order valence-corrected chi connectivity index (χ4v) is 1.04. The van der Waals surface area contributed by atoms with Crippen molar-refractivity contribution in [3.63, 3.8) is 0 Å². The zero-order chi connectivity index (χ0) is 11.9. The molecule has 2 amide bonds. The van der Waals surface area contributed by atoms with E-state index >= 15 is 0 Å². The first-order valence-corrected chi connectivity index (χ1v) is 4.19. The Labute approximate surface area is 88.8 Å². The summed E-state index contributed by atoms with van der Waals surface area (Å²) in [4.78, 5) is 20.7. The fourth-order valence-electron chi connectivity index (χ4n) is 1.04. The lowest BCUT2D eigenvalue weighted by Crippen LogP contribution is -2.40. The van der Waals surface area contributed by atoms with Crippen LogP contribution in [0.25, 0.3) is 0 Å². The minimum Gasteiger partial charge on any atom is -0.465 e. The first-order valence-electron chi connectivity index (χ1n) is 4.19. The molecule has 0 aliphatic carbocycles. The van der Waals surface area contributed by atoms with Crippen molar-refractivity contribution in [2.75, 3.05) is 0 Å². The average Bonchev–Trinajstić information content (AvgIpc) is 1.80. The predicted octanol–water partition coefficient (Wildman–Crippen LogP) is 0.582. The van der Waals surface area contributed by atoms with Crippen LogP contribution in [0.5, 0.6) is 0 Å². The van der Waals surface area contributed by atoms with Crippen molar-refractivity contribution in [2.45, 2.75) is 39.8 Å². The minimum absolute atomic E-state index is 0. The van der Waals surface area contributed by atoms with Gasteiger partial charge in [-0.15, -0.1) is 0 Å². The third-order valence-corrected chi connectivity index (χ3v) is 1.33. The number of hydrogen-bond donors (Lipinski definition) is 3. The van der Waals surface area contributed by atoms with Gasteiger partial charge in [-0.2, -0.15) is 0 Å². The molecule has 0 aliphatic heterocycles. The summed E-state index contributed by atoms with van der Waals surface area (Å²) in [5, 5.41) is 15.8. The number of amides is 2. The van der Waals surface area contributed by atoms with Crippen LogP contribution < -0.4 is 5.73 Å². The van der Waals surface area contributed by atoms with Crippen molar-refractivity contribution in [3.8, 4) is 0 Å². The Morgan fingerprint density at radius 2 is 1.27 bits per heavy atom. The molecule has 0 heterocycles. The molecule has 0 aliphatic rings. The summed E-state index contributed by atoms with van der Waals surface area (Å²) in [6.45, 7) is 7.48. The van der Waals surface area contributed by atoms with Gasteiger partial charge in [0.25, 0.3) is 0 Å². The van der Waals surface area contributed by atoms with E-state index in [4.69, 9.17) is 15.0 Å². The topological polar surface area (TPSA) is 135 Å². The second-order valence-electron chi connectivity index (χ2n) is 3.22. The predicted molar refractivity (Wildman–Crippen MR) is 56.0 cm³/mol. The van der Waals surface area contributed by atoms with Gasteiger partial charge < -0.3 is 26.3 Å². The lowest BCUT2D eigenvalue weighted by atomic mass is 10.2. The number of nitrogens with zero attached hydrogens (tertiary/aromatic N) is 1. The van der Waals surface area contributed by atoms with Gasteiger partial charge in [0.05, 0.1) is 0 Å². The van der Waals surface area contributed by atoms with Gasteiger partial charge in [0.15, 0.2) is 0 Å². The van der Waals surface area contributed by atoms with Crippen LogP contribution in [0, 0.1) is 0 Å². The van der Waals surface area contributed by atoms with E-state index in [1.807, 2.05) is 27.7 Å². The maximum Gasteiger partial charge on any atom is 0.407 e. The van der Waals surface area contributed by atoms with Crippen LogP contribution in [0.1, 0.15) is 27.7 Å². The Bertz CT molecular complexity index is 181. The molecule has 15 heavy (non-hydrogen) atoms. The molecule has 0 radical (unpaired) electrons. The molecule has 0 rings (SSSR count). The lowest BCUT2D eigenvalue weighted by molar-refractivity contribution is 0.116. The smallest absolute Gasteiger partial charge is 0.407 e. The fraction of sp³-hybridized carbons (Fsp3) is 0.750. The number of rotatable bonds is 2. The number of carboxylic acid groups (broad SMARTS) is 2. The van der Waals surface area contributed by atoms with Gasteiger partial charge >= 0.3 is 12.2 Å². The quantitative estimate of drug-likeness (QED) is 0.632. The molecule has 0 saturated heterocycles. The number of carbonyl (C=O) groups is 2. The monoisotopic (exact) mass is 224 g/mol. The molecule has 0 fully saturated rings. The maximum atomic E-state index is 10.5. The van der Waals surface area contributed by atoms with Crippen LogP contribution in [0.3, 0.4) is 0 Å². The molecule has 6 N–H and O–H groups in total. The van der Waals surface area contributed by atoms with Crippen LogP contribution in [-0.4, -0.2) is 44.9 Å². The van der Waals surface area contributed by atoms with Crippen molar-refractivity contribution < 1.29 is 25.3 Å². The van der Waals surface area contributed by atoms with E-state index in [2.05, 4.69) is 5.73 Å². The minimum atomic E-state index is -1.33. The number of nitrogens with two attached hydrogens (primary N) is 1. The van der Waals surface area contributed by atoms with Crippen molar-refractivity contribution in [3.05, 3.63) is 0 Å². The Kier molecular flexibility index (Phi) is 11.6. The molecule has 0 unspecified atom stereocenters. The Balaban J connectivity index is -0.000000249. The largest absolute Gasteiger partial charge is 0.465 e. The van der Waals surface area contributed by atoms with Gasteiger partial charge in [0.2, 0.25) is 0 Å². The molecule has 0 saturated carbocycles. The SMILES string of the molecule is CC(C)N(C(=O)O)C(C)C.NC(=O)O.O. The number of primary amides is 1. The first kappa shape index (κ1) is 19.1. The zero-order valence-corrected chi connectivity index (χ0v) is 9.39. The zero-order valence-electron chi connectivity index (χ0n) is 9.39. The molecule has 7 heteroatoms. The van der Waals surface area contributed by atoms with Gasteiger partial charge in [-0.25, -0.2) is 9.59 Å². The van der Waals surface area contributed by atoms with Gasteiger partial charge in [-0.1, -0.05) is 0 Å². The van der Waals surface area contributed by atoms with E-state index in [1.54, 1.807) is 0 Å². The van der Waals surface area contributed by atoms with Crippen LogP contribution in [0.15, 0.2) is 0 Å². The van der Waals surface area contributed by atoms with Gasteiger partial charge in [-0.05, 0) is 27.7 Å². The normalized spacial score (nSPS) is 8.67. The standard InChI is InChI=1S/C7H15NO2.CH3NO2.H2O/c1-5(2)8(6(3)4)7(9)10;2-1(3)4;/h5-6H,1-4H3,(H,9,10);2H2,(H,3,4);1H2. The van der Waals surface area contributed by atoms with Crippen LogP contribution >= 0.6 is 0 Å². The third kappa shape index (κ3) is 12.5. The Hall–Kier alpha value is -1.50. The Morgan fingerprint density at radius 3 is 1.27 bits per heavy atom. The molecular formula is C8H20N2O5. The molecule has 0 aromatic rings. The highest BCUT2D eigenvalue weighted by molar-refractivity contribution is 5.65. The van der Waals surface area contributed by atoms with E-state index in [0.717, 1.165) is 0 Å². The van der Waals surface area contributed by atoms with Crippen LogP contribution in [0.4, 0.5) is 9.59 Å².